The average Bonchev–Trinajstić information content (AvgIpc) is 2.85. The molecule has 3 nitrogen and oxygen atoms in total. The van der Waals surface area contributed by atoms with Gasteiger partial charge < -0.3 is 16.0 Å². The number of nitrogens with two attached hydrogens (primary N) is 1. The molecule has 2 atom stereocenters. The van der Waals surface area contributed by atoms with Crippen molar-refractivity contribution in [1.29, 1.82) is 0 Å². The lowest BCUT2D eigenvalue weighted by molar-refractivity contribution is 0.208. The Morgan fingerprint density at radius 3 is 2.47 bits per heavy atom. The fourth-order valence-electron chi connectivity index (χ4n) is 2.59. The van der Waals surface area contributed by atoms with Crippen molar-refractivity contribution in [3.05, 3.63) is 25.1 Å². The molecule has 0 aromatic heterocycles. The normalized spacial score (nSPS) is 19.5. The van der Waals surface area contributed by atoms with Gasteiger partial charge in [-0.25, -0.2) is 0 Å². The summed E-state index contributed by atoms with van der Waals surface area (Å²) in [4.78, 5) is 2.20. The molecular weight excluding hydrogens is 234 g/mol. The van der Waals surface area contributed by atoms with Gasteiger partial charge in [0.2, 0.25) is 0 Å². The first-order valence-corrected chi connectivity index (χ1v) is 7.82. The summed E-state index contributed by atoms with van der Waals surface area (Å²) in [5, 5.41) is 3.37. The van der Waals surface area contributed by atoms with Crippen molar-refractivity contribution in [2.24, 2.45) is 5.73 Å². The number of rotatable bonds is 11. The quantitative estimate of drug-likeness (QED) is 0.442. The van der Waals surface area contributed by atoms with E-state index in [0.29, 0.717) is 6.17 Å². The highest BCUT2D eigenvalue weighted by Gasteiger charge is 2.20. The Balaban J connectivity index is 1.92. The smallest absolute Gasteiger partial charge is 0.0995 e. The molecule has 0 aromatic carbocycles. The molecule has 2 unspecified atom stereocenters. The molecule has 3 heteroatoms. The Hall–Kier alpha value is -0.960. The summed E-state index contributed by atoms with van der Waals surface area (Å²) in [7, 11) is 0. The third kappa shape index (κ3) is 6.67. The molecular formula is C16H31N3. The Bertz CT molecular complexity index is 261. The number of nitrogens with one attached hydrogen (secondary N) is 1. The van der Waals surface area contributed by atoms with Gasteiger partial charge in [0.05, 0.1) is 12.3 Å². The second-order valence-electron chi connectivity index (χ2n) is 5.53. The van der Waals surface area contributed by atoms with Gasteiger partial charge in [0.15, 0.2) is 0 Å². The van der Waals surface area contributed by atoms with Crippen molar-refractivity contribution in [1.82, 2.24) is 10.2 Å². The average molecular weight is 265 g/mol. The van der Waals surface area contributed by atoms with Crippen LogP contribution >= 0.6 is 0 Å². The van der Waals surface area contributed by atoms with Crippen LogP contribution in [0.4, 0.5) is 0 Å². The van der Waals surface area contributed by atoms with Gasteiger partial charge in [0, 0.05) is 12.4 Å². The molecule has 110 valence electrons. The third-order valence-electron chi connectivity index (χ3n) is 3.75. The second kappa shape index (κ2) is 9.90. The van der Waals surface area contributed by atoms with Gasteiger partial charge in [-0.2, -0.15) is 0 Å². The van der Waals surface area contributed by atoms with Gasteiger partial charge >= 0.3 is 0 Å². The first-order chi connectivity index (χ1) is 9.25. The van der Waals surface area contributed by atoms with Gasteiger partial charge in [-0.1, -0.05) is 38.2 Å². The molecule has 0 saturated heterocycles. The highest BCUT2D eigenvalue weighted by Crippen LogP contribution is 2.15. The number of hydrogen-bond donors (Lipinski definition) is 2. The lowest BCUT2D eigenvalue weighted by atomic mass is 10.1. The fraction of sp³-hybridized carbons (Fsp3) is 0.750. The van der Waals surface area contributed by atoms with Crippen molar-refractivity contribution >= 4 is 0 Å². The molecule has 0 saturated carbocycles. The van der Waals surface area contributed by atoms with E-state index in [0.717, 1.165) is 0 Å². The van der Waals surface area contributed by atoms with Crippen LogP contribution in [0.25, 0.3) is 0 Å². The maximum atomic E-state index is 5.93. The van der Waals surface area contributed by atoms with E-state index >= 15 is 0 Å². The third-order valence-corrected chi connectivity index (χ3v) is 3.75. The maximum Gasteiger partial charge on any atom is 0.0995 e. The first kappa shape index (κ1) is 16.1. The largest absolute Gasteiger partial charge is 0.370 e. The Kier molecular flexibility index (Phi) is 8.39. The summed E-state index contributed by atoms with van der Waals surface area (Å²) in [5.74, 6) is 0. The first-order valence-electron chi connectivity index (χ1n) is 7.82. The predicted molar refractivity (Wildman–Crippen MR) is 83.3 cm³/mol. The summed E-state index contributed by atoms with van der Waals surface area (Å²) in [6.07, 6.45) is 18.4. The summed E-state index contributed by atoms with van der Waals surface area (Å²) in [6.45, 7) is 5.79. The van der Waals surface area contributed by atoms with E-state index in [9.17, 15) is 0 Å². The fourth-order valence-corrected chi connectivity index (χ4v) is 2.59. The number of allylic oxidation sites excluding steroid dienone is 1. The van der Waals surface area contributed by atoms with Crippen LogP contribution in [0.2, 0.25) is 0 Å². The van der Waals surface area contributed by atoms with Crippen molar-refractivity contribution in [2.75, 3.05) is 0 Å². The summed E-state index contributed by atoms with van der Waals surface area (Å²) < 4.78 is 0. The van der Waals surface area contributed by atoms with E-state index < -0.39 is 0 Å². The standard InChI is InChI=1S/C16H31N3/c1-3-4-5-6-7-8-9-10-11-12-16-18-13-14-19(16)15(2)17/h3,13-16,18H,1,4-12,17H2,2H3. The van der Waals surface area contributed by atoms with Crippen molar-refractivity contribution < 1.29 is 0 Å². The molecule has 0 spiro atoms. The van der Waals surface area contributed by atoms with E-state index in [1.807, 2.05) is 19.2 Å². The van der Waals surface area contributed by atoms with Crippen LogP contribution in [0.5, 0.6) is 0 Å². The maximum absolute atomic E-state index is 5.93. The Labute approximate surface area is 118 Å². The van der Waals surface area contributed by atoms with Crippen LogP contribution < -0.4 is 11.1 Å². The highest BCUT2D eigenvalue weighted by molar-refractivity contribution is 4.95. The van der Waals surface area contributed by atoms with Crippen LogP contribution in [-0.2, 0) is 0 Å². The Morgan fingerprint density at radius 2 is 1.84 bits per heavy atom. The highest BCUT2D eigenvalue weighted by atomic mass is 15.3. The van der Waals surface area contributed by atoms with E-state index in [1.54, 1.807) is 0 Å². The van der Waals surface area contributed by atoms with Gasteiger partial charge in [0.25, 0.3) is 0 Å². The lowest BCUT2D eigenvalue weighted by Gasteiger charge is -2.28. The molecule has 1 rings (SSSR count). The van der Waals surface area contributed by atoms with Crippen LogP contribution in [-0.4, -0.2) is 17.2 Å². The molecule has 0 radical (unpaired) electrons. The van der Waals surface area contributed by atoms with Gasteiger partial charge in [0.1, 0.15) is 0 Å². The summed E-state index contributed by atoms with van der Waals surface area (Å²) >= 11 is 0. The van der Waals surface area contributed by atoms with Gasteiger partial charge in [-0.3, -0.25) is 0 Å². The molecule has 19 heavy (non-hydrogen) atoms. The number of unbranched alkanes of at least 4 members (excludes halogenated alkanes) is 7. The second-order valence-corrected chi connectivity index (χ2v) is 5.53. The molecule has 0 fully saturated rings. The molecule has 0 amide bonds. The van der Waals surface area contributed by atoms with E-state index in [-0.39, 0.29) is 6.17 Å². The molecule has 0 bridgehead atoms. The minimum atomic E-state index is 0.0983. The SMILES string of the molecule is C=CCCCCCCCCCC1NC=CN1C(C)N. The molecule has 1 heterocycles. The van der Waals surface area contributed by atoms with Crippen molar-refractivity contribution in [3.8, 4) is 0 Å². The van der Waals surface area contributed by atoms with Crippen LogP contribution in [0, 0.1) is 0 Å². The summed E-state index contributed by atoms with van der Waals surface area (Å²) in [5.41, 5.74) is 5.93. The van der Waals surface area contributed by atoms with E-state index in [2.05, 4.69) is 23.0 Å². The predicted octanol–water partition coefficient (Wildman–Crippen LogP) is 3.69. The van der Waals surface area contributed by atoms with E-state index in [1.165, 1.54) is 57.8 Å². The topological polar surface area (TPSA) is 41.3 Å². The van der Waals surface area contributed by atoms with Crippen molar-refractivity contribution in [2.45, 2.75) is 77.0 Å². The van der Waals surface area contributed by atoms with Crippen LogP contribution in [0.1, 0.15) is 64.7 Å². The minimum Gasteiger partial charge on any atom is -0.370 e. The minimum absolute atomic E-state index is 0.0983. The summed E-state index contributed by atoms with van der Waals surface area (Å²) in [6, 6.07) is 0. The number of hydrogen-bond acceptors (Lipinski definition) is 3. The molecule has 1 aliphatic rings. The monoisotopic (exact) mass is 265 g/mol. The van der Waals surface area contributed by atoms with Crippen LogP contribution in [0.3, 0.4) is 0 Å². The molecule has 3 N–H and O–H groups in total. The zero-order chi connectivity index (χ0) is 13.9. The van der Waals surface area contributed by atoms with Gasteiger partial charge in [-0.15, -0.1) is 6.58 Å². The van der Waals surface area contributed by atoms with E-state index in [4.69, 9.17) is 5.73 Å². The van der Waals surface area contributed by atoms with Crippen LogP contribution in [0.15, 0.2) is 25.1 Å². The zero-order valence-electron chi connectivity index (χ0n) is 12.5. The van der Waals surface area contributed by atoms with Gasteiger partial charge in [-0.05, 0) is 32.6 Å². The Morgan fingerprint density at radius 1 is 1.21 bits per heavy atom. The van der Waals surface area contributed by atoms with Crippen molar-refractivity contribution in [3.63, 3.8) is 0 Å². The molecule has 1 aliphatic heterocycles. The lowest BCUT2D eigenvalue weighted by Crippen LogP contribution is -2.44. The molecule has 0 aromatic rings. The molecule has 0 aliphatic carbocycles. The number of nitrogens with zero attached hydrogens (tertiary/aromatic N) is 1. The zero-order valence-corrected chi connectivity index (χ0v) is 12.5.